The SMILES string of the molecule is CC[C@@H](N)c1nc(N2CCC[C@H]2C)cc2c1CN(c1cccc(-c3nnc4n3[C@@H](C)CC4)n1)C2=O. The van der Waals surface area contributed by atoms with Gasteiger partial charge in [-0.05, 0) is 57.7 Å². The molecule has 3 aliphatic heterocycles. The number of hydrogen-bond acceptors (Lipinski definition) is 7. The average Bonchev–Trinajstić information content (AvgIpc) is 3.64. The van der Waals surface area contributed by atoms with Crippen molar-refractivity contribution in [3.05, 3.63) is 46.9 Å². The van der Waals surface area contributed by atoms with Gasteiger partial charge in [-0.3, -0.25) is 9.69 Å². The third-order valence-corrected chi connectivity index (χ3v) is 7.81. The van der Waals surface area contributed by atoms with E-state index in [0.717, 1.165) is 73.1 Å². The van der Waals surface area contributed by atoms with E-state index in [0.29, 0.717) is 30.0 Å². The maximum absolute atomic E-state index is 13.7. The second-order valence-electron chi connectivity index (χ2n) is 10.1. The Kier molecular flexibility index (Phi) is 5.32. The Morgan fingerprint density at radius 1 is 1.11 bits per heavy atom. The highest BCUT2D eigenvalue weighted by Crippen LogP contribution is 2.36. The van der Waals surface area contributed by atoms with Crippen LogP contribution in [0, 0.1) is 0 Å². The van der Waals surface area contributed by atoms with Gasteiger partial charge in [-0.2, -0.15) is 0 Å². The third-order valence-electron chi connectivity index (χ3n) is 7.81. The molecule has 35 heavy (non-hydrogen) atoms. The van der Waals surface area contributed by atoms with E-state index in [1.807, 2.05) is 24.3 Å². The van der Waals surface area contributed by atoms with Gasteiger partial charge in [0.1, 0.15) is 23.2 Å². The number of aromatic nitrogens is 5. The van der Waals surface area contributed by atoms with Crippen molar-refractivity contribution in [1.82, 2.24) is 24.7 Å². The molecule has 9 heteroatoms. The molecule has 1 fully saturated rings. The van der Waals surface area contributed by atoms with Crippen LogP contribution in [0.25, 0.3) is 11.5 Å². The zero-order valence-electron chi connectivity index (χ0n) is 20.6. The maximum Gasteiger partial charge on any atom is 0.260 e. The van der Waals surface area contributed by atoms with Crippen molar-refractivity contribution in [2.24, 2.45) is 5.73 Å². The number of nitrogens with two attached hydrogens (primary N) is 1. The molecule has 0 spiro atoms. The van der Waals surface area contributed by atoms with Crippen LogP contribution < -0.4 is 15.5 Å². The van der Waals surface area contributed by atoms with E-state index in [2.05, 4.69) is 40.4 Å². The Bertz CT molecular complexity index is 1300. The highest BCUT2D eigenvalue weighted by atomic mass is 16.2. The van der Waals surface area contributed by atoms with E-state index in [9.17, 15) is 4.79 Å². The molecular weight excluding hydrogens is 440 g/mol. The summed E-state index contributed by atoms with van der Waals surface area (Å²) in [4.78, 5) is 27.6. The van der Waals surface area contributed by atoms with Crippen molar-refractivity contribution in [2.75, 3.05) is 16.3 Å². The van der Waals surface area contributed by atoms with Crippen molar-refractivity contribution in [3.63, 3.8) is 0 Å². The molecular formula is C26H32N8O. The van der Waals surface area contributed by atoms with Crippen LogP contribution in [-0.4, -0.2) is 43.2 Å². The molecule has 0 bridgehead atoms. The molecule has 3 aromatic heterocycles. The first kappa shape index (κ1) is 22.2. The molecule has 0 saturated carbocycles. The monoisotopic (exact) mass is 472 g/mol. The van der Waals surface area contributed by atoms with Crippen molar-refractivity contribution in [3.8, 4) is 11.5 Å². The number of pyridine rings is 2. The van der Waals surface area contributed by atoms with Gasteiger partial charge in [0, 0.05) is 36.7 Å². The smallest absolute Gasteiger partial charge is 0.260 e. The molecule has 0 unspecified atom stereocenters. The fraction of sp³-hybridized carbons (Fsp3) is 0.500. The number of carbonyl (C=O) groups excluding carboxylic acids is 1. The summed E-state index contributed by atoms with van der Waals surface area (Å²) >= 11 is 0. The standard InChI is InChI=1S/C26H32N8O/c1-4-19(27)24-18-14-33(26(35)17(18)13-23(29-24)32-12-6-7-15(32)2)21-9-5-8-20(28-21)25-31-30-22-11-10-16(3)34(22)25/h5,8-9,13,15-16,19H,4,6-7,10-12,14,27H2,1-3H3/t15-,16+,19-/m1/s1. The molecule has 6 heterocycles. The predicted molar refractivity (Wildman–Crippen MR) is 134 cm³/mol. The number of aryl methyl sites for hydroxylation is 1. The quantitative estimate of drug-likeness (QED) is 0.602. The molecule has 1 amide bonds. The minimum absolute atomic E-state index is 0.0513. The van der Waals surface area contributed by atoms with Gasteiger partial charge < -0.3 is 15.2 Å². The summed E-state index contributed by atoms with van der Waals surface area (Å²) in [5.74, 6) is 3.18. The van der Waals surface area contributed by atoms with E-state index in [-0.39, 0.29) is 11.9 Å². The van der Waals surface area contributed by atoms with Gasteiger partial charge in [0.05, 0.1) is 17.8 Å². The topological polar surface area (TPSA) is 106 Å². The van der Waals surface area contributed by atoms with Crippen LogP contribution in [0.3, 0.4) is 0 Å². The second kappa shape index (κ2) is 8.41. The maximum atomic E-state index is 13.7. The largest absolute Gasteiger partial charge is 0.354 e. The zero-order valence-corrected chi connectivity index (χ0v) is 20.6. The minimum Gasteiger partial charge on any atom is -0.354 e. The van der Waals surface area contributed by atoms with Gasteiger partial charge in [-0.15, -0.1) is 10.2 Å². The molecule has 0 aliphatic carbocycles. The number of hydrogen-bond donors (Lipinski definition) is 1. The molecule has 9 nitrogen and oxygen atoms in total. The summed E-state index contributed by atoms with van der Waals surface area (Å²) in [6.07, 6.45) is 5.02. The number of amides is 1. The number of anilines is 2. The molecule has 3 aromatic rings. The Labute approximate surface area is 205 Å². The second-order valence-corrected chi connectivity index (χ2v) is 10.1. The Morgan fingerprint density at radius 3 is 2.74 bits per heavy atom. The molecule has 6 rings (SSSR count). The Hall–Kier alpha value is -3.33. The van der Waals surface area contributed by atoms with Crippen LogP contribution in [-0.2, 0) is 13.0 Å². The fourth-order valence-electron chi connectivity index (χ4n) is 5.71. The summed E-state index contributed by atoms with van der Waals surface area (Å²) < 4.78 is 2.17. The van der Waals surface area contributed by atoms with Gasteiger partial charge in [0.2, 0.25) is 0 Å². The predicted octanol–water partition coefficient (Wildman–Crippen LogP) is 3.80. The van der Waals surface area contributed by atoms with Crippen LogP contribution in [0.4, 0.5) is 11.6 Å². The van der Waals surface area contributed by atoms with Crippen LogP contribution in [0.1, 0.15) is 86.0 Å². The highest BCUT2D eigenvalue weighted by molar-refractivity contribution is 6.10. The van der Waals surface area contributed by atoms with Crippen LogP contribution in [0.2, 0.25) is 0 Å². The van der Waals surface area contributed by atoms with Crippen LogP contribution in [0.5, 0.6) is 0 Å². The van der Waals surface area contributed by atoms with Gasteiger partial charge in [-0.1, -0.05) is 13.0 Å². The zero-order chi connectivity index (χ0) is 24.3. The third kappa shape index (κ3) is 3.52. The summed E-state index contributed by atoms with van der Waals surface area (Å²) in [5.41, 5.74) is 9.68. The molecule has 1 saturated heterocycles. The minimum atomic E-state index is -0.214. The summed E-state index contributed by atoms with van der Waals surface area (Å²) in [5, 5.41) is 8.77. The fourth-order valence-corrected chi connectivity index (χ4v) is 5.71. The summed E-state index contributed by atoms with van der Waals surface area (Å²) in [6, 6.07) is 8.25. The normalized spacial score (nSPS) is 22.1. The molecule has 2 N–H and O–H groups in total. The van der Waals surface area contributed by atoms with Crippen molar-refractivity contribution >= 4 is 17.5 Å². The van der Waals surface area contributed by atoms with Gasteiger partial charge in [-0.25, -0.2) is 9.97 Å². The lowest BCUT2D eigenvalue weighted by Gasteiger charge is -2.25. The van der Waals surface area contributed by atoms with E-state index >= 15 is 0 Å². The lowest BCUT2D eigenvalue weighted by Crippen LogP contribution is -2.28. The molecule has 3 atom stereocenters. The Morgan fingerprint density at radius 2 is 1.97 bits per heavy atom. The summed E-state index contributed by atoms with van der Waals surface area (Å²) in [7, 11) is 0. The van der Waals surface area contributed by atoms with E-state index < -0.39 is 0 Å². The molecule has 0 aromatic carbocycles. The number of carbonyl (C=O) groups is 1. The van der Waals surface area contributed by atoms with Crippen LogP contribution in [0.15, 0.2) is 24.3 Å². The van der Waals surface area contributed by atoms with E-state index in [1.165, 1.54) is 0 Å². The number of nitrogens with zero attached hydrogens (tertiary/aromatic N) is 7. The highest BCUT2D eigenvalue weighted by Gasteiger charge is 2.36. The first-order valence-electron chi connectivity index (χ1n) is 12.7. The number of fused-ring (bicyclic) bond motifs is 2. The van der Waals surface area contributed by atoms with Crippen molar-refractivity contribution < 1.29 is 4.79 Å². The van der Waals surface area contributed by atoms with Crippen molar-refractivity contribution in [1.29, 1.82) is 0 Å². The van der Waals surface area contributed by atoms with Crippen LogP contribution >= 0.6 is 0 Å². The molecule has 182 valence electrons. The number of rotatable bonds is 5. The van der Waals surface area contributed by atoms with Gasteiger partial charge >= 0.3 is 0 Å². The van der Waals surface area contributed by atoms with Crippen molar-refractivity contribution in [2.45, 2.75) is 77.5 Å². The summed E-state index contributed by atoms with van der Waals surface area (Å²) in [6.45, 7) is 7.83. The Balaban J connectivity index is 1.38. The lowest BCUT2D eigenvalue weighted by molar-refractivity contribution is 0.0996. The first-order chi connectivity index (χ1) is 17.0. The van der Waals surface area contributed by atoms with Gasteiger partial charge in [0.25, 0.3) is 5.91 Å². The van der Waals surface area contributed by atoms with E-state index in [1.54, 1.807) is 4.90 Å². The molecule has 0 radical (unpaired) electrons. The first-order valence-corrected chi connectivity index (χ1v) is 12.7. The average molecular weight is 473 g/mol. The lowest BCUT2D eigenvalue weighted by atomic mass is 10.0. The molecule has 3 aliphatic rings. The van der Waals surface area contributed by atoms with E-state index in [4.69, 9.17) is 15.7 Å². The van der Waals surface area contributed by atoms with Gasteiger partial charge in [0.15, 0.2) is 5.82 Å².